The average molecular weight is 389 g/mol. The van der Waals surface area contributed by atoms with Gasteiger partial charge in [0.05, 0.1) is 4.90 Å². The minimum atomic E-state index is -3.58. The zero-order valence-corrected chi connectivity index (χ0v) is 16.4. The molecule has 26 heavy (non-hydrogen) atoms. The summed E-state index contributed by atoms with van der Waals surface area (Å²) in [6.07, 6.45) is 3.61. The summed E-state index contributed by atoms with van der Waals surface area (Å²) in [5.74, 6) is -0.167. The summed E-state index contributed by atoms with van der Waals surface area (Å²) in [5.41, 5.74) is 1.43. The van der Waals surface area contributed by atoms with Crippen molar-refractivity contribution in [3.05, 3.63) is 63.9 Å². The molecule has 0 atom stereocenters. The van der Waals surface area contributed by atoms with E-state index in [0.717, 1.165) is 10.4 Å². The third-order valence-electron chi connectivity index (χ3n) is 3.57. The molecule has 0 saturated heterocycles. The molecule has 1 amide bonds. The monoisotopic (exact) mass is 388 g/mol. The fourth-order valence-corrected chi connectivity index (χ4v) is 4.60. The van der Waals surface area contributed by atoms with Crippen molar-refractivity contribution in [2.75, 3.05) is 0 Å². The summed E-state index contributed by atoms with van der Waals surface area (Å²) in [7, 11) is -3.58. The minimum Gasteiger partial charge on any atom is -0.321 e. The topological polar surface area (TPSA) is 75.3 Å². The number of nitrogens with one attached hydrogen (secondary N) is 2. The van der Waals surface area contributed by atoms with Crippen LogP contribution in [0.15, 0.2) is 58.3 Å². The summed E-state index contributed by atoms with van der Waals surface area (Å²) >= 11 is 1.56. The van der Waals surface area contributed by atoms with Gasteiger partial charge in [-0.2, -0.15) is 0 Å². The van der Waals surface area contributed by atoms with Gasteiger partial charge in [-0.05, 0) is 62.1 Å². The van der Waals surface area contributed by atoms with Gasteiger partial charge >= 0.3 is 0 Å². The largest absolute Gasteiger partial charge is 0.321 e. The molecular formula is C19H20N2O3S2. The molecule has 0 radical (unpaired) electrons. The Morgan fingerprint density at radius 3 is 2.38 bits per heavy atom. The number of carbonyl (C=O) groups excluding carboxylic acids is 1. The SMILES string of the molecule is CC(C)(C)NS(=O)(=O)c1ccc(C2=CC(=Cc3cccs3)C(=O)N2)cc1. The summed E-state index contributed by atoms with van der Waals surface area (Å²) in [5, 5.41) is 4.78. The molecule has 1 aromatic carbocycles. The van der Waals surface area contributed by atoms with Gasteiger partial charge in [0.25, 0.3) is 5.91 Å². The number of sulfonamides is 1. The van der Waals surface area contributed by atoms with Gasteiger partial charge in [-0.1, -0.05) is 18.2 Å². The van der Waals surface area contributed by atoms with Gasteiger partial charge in [-0.3, -0.25) is 4.79 Å². The first-order chi connectivity index (χ1) is 12.1. The number of benzene rings is 1. The summed E-state index contributed by atoms with van der Waals surface area (Å²) < 4.78 is 27.3. The molecule has 0 spiro atoms. The van der Waals surface area contributed by atoms with Gasteiger partial charge in [0.1, 0.15) is 0 Å². The van der Waals surface area contributed by atoms with Gasteiger partial charge in [0.15, 0.2) is 0 Å². The number of carbonyl (C=O) groups is 1. The van der Waals surface area contributed by atoms with Crippen molar-refractivity contribution < 1.29 is 13.2 Å². The maximum atomic E-state index is 12.4. The lowest BCUT2D eigenvalue weighted by Gasteiger charge is -2.20. The molecule has 0 aliphatic carbocycles. The predicted molar refractivity (Wildman–Crippen MR) is 105 cm³/mol. The molecule has 2 N–H and O–H groups in total. The predicted octanol–water partition coefficient (Wildman–Crippen LogP) is 3.38. The minimum absolute atomic E-state index is 0.167. The molecule has 5 nitrogen and oxygen atoms in total. The van der Waals surface area contributed by atoms with E-state index in [9.17, 15) is 13.2 Å². The van der Waals surface area contributed by atoms with Crippen LogP contribution in [0.25, 0.3) is 11.8 Å². The van der Waals surface area contributed by atoms with Crippen LogP contribution in [0.1, 0.15) is 31.2 Å². The lowest BCUT2D eigenvalue weighted by atomic mass is 10.1. The van der Waals surface area contributed by atoms with E-state index in [2.05, 4.69) is 10.0 Å². The molecule has 7 heteroatoms. The highest BCUT2D eigenvalue weighted by molar-refractivity contribution is 7.89. The number of rotatable bonds is 4. The van der Waals surface area contributed by atoms with Crippen molar-refractivity contribution in [1.29, 1.82) is 0 Å². The maximum Gasteiger partial charge on any atom is 0.255 e. The highest BCUT2D eigenvalue weighted by Crippen LogP contribution is 2.24. The lowest BCUT2D eigenvalue weighted by Crippen LogP contribution is -2.40. The molecule has 0 saturated carbocycles. The van der Waals surface area contributed by atoms with E-state index in [-0.39, 0.29) is 10.8 Å². The first kappa shape index (κ1) is 18.6. The number of thiophene rings is 1. The highest BCUT2D eigenvalue weighted by atomic mass is 32.2. The molecule has 0 unspecified atom stereocenters. The van der Waals surface area contributed by atoms with Gasteiger partial charge < -0.3 is 5.32 Å². The van der Waals surface area contributed by atoms with Crippen LogP contribution in [0, 0.1) is 0 Å². The van der Waals surface area contributed by atoms with Crippen LogP contribution < -0.4 is 10.0 Å². The van der Waals surface area contributed by atoms with Crippen LogP contribution in [-0.2, 0) is 14.8 Å². The van der Waals surface area contributed by atoms with E-state index < -0.39 is 15.6 Å². The zero-order valence-electron chi connectivity index (χ0n) is 14.7. The molecule has 2 heterocycles. The Labute approximate surface area is 157 Å². The second-order valence-electron chi connectivity index (χ2n) is 7.01. The molecule has 2 aromatic rings. The van der Waals surface area contributed by atoms with Crippen LogP contribution in [0.5, 0.6) is 0 Å². The van der Waals surface area contributed by atoms with Gasteiger partial charge in [0, 0.05) is 21.7 Å². The average Bonchev–Trinajstić information content (AvgIpc) is 3.16. The van der Waals surface area contributed by atoms with E-state index in [1.54, 1.807) is 50.3 Å². The molecular weight excluding hydrogens is 368 g/mol. The maximum absolute atomic E-state index is 12.4. The van der Waals surface area contributed by atoms with Crippen LogP contribution >= 0.6 is 11.3 Å². The van der Waals surface area contributed by atoms with E-state index >= 15 is 0 Å². The Morgan fingerprint density at radius 2 is 1.81 bits per heavy atom. The van der Waals surface area contributed by atoms with Crippen molar-refractivity contribution in [1.82, 2.24) is 10.0 Å². The Hall–Kier alpha value is -2.22. The number of hydrogen-bond acceptors (Lipinski definition) is 4. The van der Waals surface area contributed by atoms with E-state index in [1.807, 2.05) is 23.6 Å². The summed E-state index contributed by atoms with van der Waals surface area (Å²) in [4.78, 5) is 13.3. The Balaban J connectivity index is 1.84. The lowest BCUT2D eigenvalue weighted by molar-refractivity contribution is -0.115. The number of hydrogen-bond donors (Lipinski definition) is 2. The molecule has 136 valence electrons. The van der Waals surface area contributed by atoms with Gasteiger partial charge in [-0.25, -0.2) is 13.1 Å². The zero-order chi connectivity index (χ0) is 18.9. The normalized spacial score (nSPS) is 16.7. The first-order valence-corrected chi connectivity index (χ1v) is 10.4. The smallest absolute Gasteiger partial charge is 0.255 e. The first-order valence-electron chi connectivity index (χ1n) is 8.07. The Bertz CT molecular complexity index is 978. The van der Waals surface area contributed by atoms with Gasteiger partial charge in [0.2, 0.25) is 10.0 Å². The van der Waals surface area contributed by atoms with Crippen molar-refractivity contribution >= 4 is 39.0 Å². The molecule has 3 rings (SSSR count). The molecule has 1 aliphatic heterocycles. The third kappa shape index (κ3) is 4.30. The van der Waals surface area contributed by atoms with Gasteiger partial charge in [-0.15, -0.1) is 11.3 Å². The van der Waals surface area contributed by atoms with Crippen molar-refractivity contribution in [3.63, 3.8) is 0 Å². The fourth-order valence-electron chi connectivity index (χ4n) is 2.52. The highest BCUT2D eigenvalue weighted by Gasteiger charge is 2.23. The van der Waals surface area contributed by atoms with Crippen molar-refractivity contribution in [2.45, 2.75) is 31.2 Å². The standard InChI is InChI=1S/C19H20N2O3S2/c1-19(2,3)21-26(23,24)16-8-6-13(7-9-16)17-12-14(18(22)20-17)11-15-5-4-10-25-15/h4-12,21H,1-3H3,(H,20,22). The molecule has 0 fully saturated rings. The Morgan fingerprint density at radius 1 is 1.12 bits per heavy atom. The number of amides is 1. The summed E-state index contributed by atoms with van der Waals surface area (Å²) in [6, 6.07) is 10.3. The fraction of sp³-hybridized carbons (Fsp3) is 0.211. The van der Waals surface area contributed by atoms with Crippen molar-refractivity contribution in [3.8, 4) is 0 Å². The van der Waals surface area contributed by atoms with Crippen LogP contribution in [-0.4, -0.2) is 19.9 Å². The van der Waals surface area contributed by atoms with Crippen LogP contribution in [0.3, 0.4) is 0 Å². The quantitative estimate of drug-likeness (QED) is 0.789. The Kier molecular flexibility index (Phi) is 4.88. The summed E-state index contributed by atoms with van der Waals surface area (Å²) in [6.45, 7) is 5.37. The molecule has 1 aromatic heterocycles. The van der Waals surface area contributed by atoms with E-state index in [4.69, 9.17) is 0 Å². The second-order valence-corrected chi connectivity index (χ2v) is 9.67. The van der Waals surface area contributed by atoms with E-state index in [0.29, 0.717) is 11.3 Å². The van der Waals surface area contributed by atoms with Crippen molar-refractivity contribution in [2.24, 2.45) is 0 Å². The van der Waals surface area contributed by atoms with Crippen LogP contribution in [0.4, 0.5) is 0 Å². The molecule has 0 bridgehead atoms. The second kappa shape index (κ2) is 6.83. The van der Waals surface area contributed by atoms with E-state index in [1.165, 1.54) is 12.1 Å². The third-order valence-corrected chi connectivity index (χ3v) is 6.16. The molecule has 1 aliphatic rings. The van der Waals surface area contributed by atoms with Crippen LogP contribution in [0.2, 0.25) is 0 Å².